The van der Waals surface area contributed by atoms with E-state index in [9.17, 15) is 0 Å². The molecule has 2 aromatic heterocycles. The molecule has 4 heteroatoms. The first-order valence-corrected chi connectivity index (χ1v) is 15.0. The molecule has 0 N–H and O–H groups in total. The Balaban J connectivity index is 3.18. The zero-order valence-corrected chi connectivity index (χ0v) is 27.7. The first kappa shape index (κ1) is 34.5. The number of aryl methyl sites for hydroxylation is 1. The molecule has 0 saturated heterocycles. The van der Waals surface area contributed by atoms with Crippen LogP contribution in [0, 0.1) is 5.41 Å². The van der Waals surface area contributed by atoms with Crippen LogP contribution in [0.15, 0.2) is 103 Å². The average molecular weight is 568 g/mol. The Kier molecular flexibility index (Phi) is 11.9. The fourth-order valence-corrected chi connectivity index (χ4v) is 6.13. The molecule has 0 spiro atoms. The molecule has 0 saturated carbocycles. The van der Waals surface area contributed by atoms with Crippen molar-refractivity contribution in [3.05, 3.63) is 115 Å². The van der Waals surface area contributed by atoms with Gasteiger partial charge >= 0.3 is 0 Å². The largest absolute Gasteiger partial charge is 0.354 e. The second-order valence-corrected chi connectivity index (χ2v) is 12.0. The van der Waals surface area contributed by atoms with Crippen LogP contribution in [0.25, 0.3) is 17.0 Å². The minimum Gasteiger partial charge on any atom is -0.354 e. The zero-order valence-electron chi connectivity index (χ0n) is 27.7. The summed E-state index contributed by atoms with van der Waals surface area (Å²) in [4.78, 5) is 0. The first-order chi connectivity index (χ1) is 19.9. The SMILES string of the molecule is C=CCC(C)(C(=C)C)c1c(C(C=CC)(CC=C)C(C)(C=CC)CC=C)nn(C)c1-c1cc(C(=CC=C(C)C)CC)no1. The highest BCUT2D eigenvalue weighted by Crippen LogP contribution is 2.55. The molecular weight excluding hydrogens is 514 g/mol. The molecule has 0 radical (unpaired) electrons. The van der Waals surface area contributed by atoms with Gasteiger partial charge in [-0.2, -0.15) is 5.10 Å². The summed E-state index contributed by atoms with van der Waals surface area (Å²) in [6, 6.07) is 2.05. The Hall–Kier alpha value is -3.66. The van der Waals surface area contributed by atoms with E-state index in [1.165, 1.54) is 5.57 Å². The van der Waals surface area contributed by atoms with E-state index in [2.05, 4.69) is 123 Å². The first-order valence-electron chi connectivity index (χ1n) is 15.0. The van der Waals surface area contributed by atoms with E-state index in [0.717, 1.165) is 46.6 Å². The van der Waals surface area contributed by atoms with Gasteiger partial charge in [-0.15, -0.1) is 19.7 Å². The summed E-state index contributed by atoms with van der Waals surface area (Å²) in [5.74, 6) is 0.679. The van der Waals surface area contributed by atoms with Crippen molar-refractivity contribution in [1.82, 2.24) is 14.9 Å². The van der Waals surface area contributed by atoms with Crippen LogP contribution >= 0.6 is 0 Å². The van der Waals surface area contributed by atoms with Gasteiger partial charge in [0, 0.05) is 34.9 Å². The van der Waals surface area contributed by atoms with Gasteiger partial charge in [0.1, 0.15) is 11.4 Å². The number of hydrogen-bond donors (Lipinski definition) is 0. The third-order valence-electron chi connectivity index (χ3n) is 8.63. The van der Waals surface area contributed by atoms with Crippen LogP contribution in [0.4, 0.5) is 0 Å². The number of nitrogens with zero attached hydrogens (tertiary/aromatic N) is 3. The quantitative estimate of drug-likeness (QED) is 0.150. The highest BCUT2D eigenvalue weighted by atomic mass is 16.5. The van der Waals surface area contributed by atoms with Crippen molar-refractivity contribution in [1.29, 1.82) is 0 Å². The molecular formula is C38H53N3O. The van der Waals surface area contributed by atoms with Crippen LogP contribution in [0.1, 0.15) is 98.0 Å². The van der Waals surface area contributed by atoms with Gasteiger partial charge in [0.25, 0.3) is 0 Å². The maximum absolute atomic E-state index is 6.15. The van der Waals surface area contributed by atoms with Crippen molar-refractivity contribution in [2.45, 2.75) is 91.9 Å². The summed E-state index contributed by atoms with van der Waals surface area (Å²) in [5, 5.41) is 9.89. The van der Waals surface area contributed by atoms with E-state index in [0.29, 0.717) is 18.6 Å². The molecule has 2 aromatic rings. The minimum atomic E-state index is -0.534. The fraction of sp³-hybridized carbons (Fsp3) is 0.421. The minimum absolute atomic E-state index is 0.343. The molecule has 0 fully saturated rings. The Bertz CT molecular complexity index is 1400. The topological polar surface area (TPSA) is 43.9 Å². The standard InChI is InChI=1S/C38H53N3O/c1-14-22-36(11,23-15-2)38(25-17-4,26-18-5)35-33(37(12,24-16-3)29(9)10)34(41(13)39-35)32-27-31(40-42-32)30(19-6)21-20-28(7)8/h14-18,20-21,23,26-27H,1,3-4,9,19,22,24-25H2,2,5-8,10-13H3. The van der Waals surface area contributed by atoms with Gasteiger partial charge in [-0.05, 0) is 65.9 Å². The van der Waals surface area contributed by atoms with Crippen molar-refractivity contribution >= 4 is 5.57 Å². The van der Waals surface area contributed by atoms with Crippen molar-refractivity contribution in [2.75, 3.05) is 0 Å². The van der Waals surface area contributed by atoms with Crippen LogP contribution < -0.4 is 0 Å². The van der Waals surface area contributed by atoms with Crippen LogP contribution in [-0.2, 0) is 17.9 Å². The van der Waals surface area contributed by atoms with Gasteiger partial charge in [0.15, 0.2) is 5.76 Å². The lowest BCUT2D eigenvalue weighted by molar-refractivity contribution is 0.244. The summed E-state index contributed by atoms with van der Waals surface area (Å²) in [5.41, 5.74) is 5.80. The lowest BCUT2D eigenvalue weighted by atomic mass is 9.56. The second-order valence-electron chi connectivity index (χ2n) is 12.0. The van der Waals surface area contributed by atoms with Gasteiger partial charge < -0.3 is 4.52 Å². The Morgan fingerprint density at radius 3 is 2.07 bits per heavy atom. The van der Waals surface area contributed by atoms with Crippen LogP contribution in [-0.4, -0.2) is 14.9 Å². The molecule has 2 rings (SSSR count). The van der Waals surface area contributed by atoms with Crippen molar-refractivity contribution < 1.29 is 4.52 Å². The molecule has 0 aliphatic heterocycles. The molecule has 3 atom stereocenters. The van der Waals surface area contributed by atoms with E-state index in [4.69, 9.17) is 9.62 Å². The molecule has 3 unspecified atom stereocenters. The van der Waals surface area contributed by atoms with E-state index >= 15 is 0 Å². The number of allylic oxidation sites excluding steroid dienone is 12. The zero-order chi connectivity index (χ0) is 31.7. The molecule has 0 amide bonds. The smallest absolute Gasteiger partial charge is 0.185 e. The van der Waals surface area contributed by atoms with Gasteiger partial charge in [0.05, 0.1) is 5.69 Å². The van der Waals surface area contributed by atoms with Crippen LogP contribution in [0.3, 0.4) is 0 Å². The Labute approximate surface area is 255 Å². The summed E-state index contributed by atoms with van der Waals surface area (Å²) in [6.07, 6.45) is 22.0. The second kappa shape index (κ2) is 14.5. The average Bonchev–Trinajstić information content (AvgIpc) is 3.53. The fourth-order valence-electron chi connectivity index (χ4n) is 6.13. The predicted octanol–water partition coefficient (Wildman–Crippen LogP) is 10.8. The maximum atomic E-state index is 6.15. The Morgan fingerprint density at radius 1 is 0.952 bits per heavy atom. The van der Waals surface area contributed by atoms with Crippen molar-refractivity contribution in [2.24, 2.45) is 12.5 Å². The van der Waals surface area contributed by atoms with Crippen LogP contribution in [0.2, 0.25) is 0 Å². The molecule has 42 heavy (non-hydrogen) atoms. The lowest BCUT2D eigenvalue weighted by Crippen LogP contribution is -2.43. The Morgan fingerprint density at radius 2 is 1.57 bits per heavy atom. The third kappa shape index (κ3) is 6.53. The van der Waals surface area contributed by atoms with Crippen molar-refractivity contribution in [3.63, 3.8) is 0 Å². The van der Waals surface area contributed by atoms with Crippen LogP contribution in [0.5, 0.6) is 0 Å². The van der Waals surface area contributed by atoms with Gasteiger partial charge in [-0.25, -0.2) is 0 Å². The third-order valence-corrected chi connectivity index (χ3v) is 8.63. The van der Waals surface area contributed by atoms with Gasteiger partial charge in [-0.1, -0.05) is 98.3 Å². The molecule has 0 aliphatic carbocycles. The van der Waals surface area contributed by atoms with E-state index in [1.54, 1.807) is 0 Å². The molecule has 0 aliphatic rings. The molecule has 226 valence electrons. The highest BCUT2D eigenvalue weighted by Gasteiger charge is 2.51. The van der Waals surface area contributed by atoms with Gasteiger partial charge in [0.2, 0.25) is 0 Å². The monoisotopic (exact) mass is 567 g/mol. The van der Waals surface area contributed by atoms with Gasteiger partial charge in [-0.3, -0.25) is 4.68 Å². The lowest BCUT2D eigenvalue weighted by Gasteiger charge is -2.46. The normalized spacial score (nSPS) is 16.5. The molecule has 2 heterocycles. The highest BCUT2D eigenvalue weighted by molar-refractivity contribution is 5.71. The maximum Gasteiger partial charge on any atom is 0.185 e. The summed E-state index contributed by atoms with van der Waals surface area (Å²) >= 11 is 0. The summed E-state index contributed by atoms with van der Waals surface area (Å²) < 4.78 is 8.10. The summed E-state index contributed by atoms with van der Waals surface area (Å²) in [7, 11) is 1.99. The number of aromatic nitrogens is 3. The predicted molar refractivity (Wildman–Crippen MR) is 182 cm³/mol. The molecule has 0 bridgehead atoms. The van der Waals surface area contributed by atoms with Crippen molar-refractivity contribution in [3.8, 4) is 11.5 Å². The summed E-state index contributed by atoms with van der Waals surface area (Å²) in [6.45, 7) is 34.0. The van der Waals surface area contributed by atoms with E-state index in [-0.39, 0.29) is 5.41 Å². The number of hydrogen-bond acceptors (Lipinski definition) is 3. The van der Waals surface area contributed by atoms with E-state index < -0.39 is 10.8 Å². The van der Waals surface area contributed by atoms with E-state index in [1.807, 2.05) is 36.0 Å². The number of rotatable bonds is 16. The molecule has 0 aromatic carbocycles. The molecule has 4 nitrogen and oxygen atoms in total.